The first-order valence-corrected chi connectivity index (χ1v) is 8.25. The maximum absolute atomic E-state index is 12.8. The number of hydrogen-bond acceptors (Lipinski definition) is 3. The molecule has 0 bridgehead atoms. The van der Waals surface area contributed by atoms with Gasteiger partial charge in [-0.3, -0.25) is 4.79 Å². The van der Waals surface area contributed by atoms with Crippen LogP contribution >= 0.6 is 0 Å². The highest BCUT2D eigenvalue weighted by Crippen LogP contribution is 2.31. The molecule has 0 radical (unpaired) electrons. The van der Waals surface area contributed by atoms with Gasteiger partial charge in [-0.15, -0.1) is 0 Å². The van der Waals surface area contributed by atoms with Crippen LogP contribution in [0.25, 0.3) is 10.9 Å². The summed E-state index contributed by atoms with van der Waals surface area (Å²) in [6.45, 7) is 0.827. The molecule has 0 saturated heterocycles. The number of nitrogens with one attached hydrogen (secondary N) is 2. The monoisotopic (exact) mass is 320 g/mol. The predicted octanol–water partition coefficient (Wildman–Crippen LogP) is 3.18. The van der Waals surface area contributed by atoms with E-state index in [2.05, 4.69) is 22.4 Å². The topological polar surface area (TPSA) is 54.1 Å². The Bertz CT molecular complexity index is 880. The quantitative estimate of drug-likeness (QED) is 0.776. The van der Waals surface area contributed by atoms with E-state index in [1.807, 2.05) is 36.4 Å². The average Bonchev–Trinajstić information content (AvgIpc) is 3.01. The van der Waals surface area contributed by atoms with Crippen LogP contribution < -0.4 is 10.1 Å². The molecule has 1 aliphatic rings. The number of methoxy groups -OCH3 is 1. The van der Waals surface area contributed by atoms with E-state index >= 15 is 0 Å². The summed E-state index contributed by atoms with van der Waals surface area (Å²) in [5, 5.41) is 4.61. The van der Waals surface area contributed by atoms with E-state index < -0.39 is 0 Å². The van der Waals surface area contributed by atoms with Gasteiger partial charge in [0.2, 0.25) is 0 Å². The minimum atomic E-state index is -0.261. The third-order valence-electron chi connectivity index (χ3n) is 4.72. The average molecular weight is 320 g/mol. The van der Waals surface area contributed by atoms with Gasteiger partial charge in [0.05, 0.1) is 7.11 Å². The smallest absolute Gasteiger partial charge is 0.160 e. The zero-order chi connectivity index (χ0) is 16.5. The van der Waals surface area contributed by atoms with Crippen molar-refractivity contribution in [3.63, 3.8) is 0 Å². The molecule has 1 aliphatic heterocycles. The summed E-state index contributed by atoms with van der Waals surface area (Å²) < 4.78 is 5.17. The molecule has 24 heavy (non-hydrogen) atoms. The van der Waals surface area contributed by atoms with E-state index in [-0.39, 0.29) is 11.8 Å². The predicted molar refractivity (Wildman–Crippen MR) is 94.5 cm³/mol. The van der Waals surface area contributed by atoms with Crippen LogP contribution in [0.15, 0.2) is 48.5 Å². The largest absolute Gasteiger partial charge is 0.497 e. The first-order chi connectivity index (χ1) is 11.8. The molecule has 4 rings (SSSR count). The number of H-pyrrole nitrogens is 1. The van der Waals surface area contributed by atoms with Crippen LogP contribution in [0.4, 0.5) is 0 Å². The lowest BCUT2D eigenvalue weighted by molar-refractivity contribution is -0.120. The van der Waals surface area contributed by atoms with Gasteiger partial charge in [0.1, 0.15) is 11.8 Å². The molecular weight excluding hydrogens is 300 g/mol. The number of carbonyl (C=O) groups is 1. The van der Waals surface area contributed by atoms with Crippen LogP contribution in [0, 0.1) is 0 Å². The summed E-state index contributed by atoms with van der Waals surface area (Å²) in [6.07, 6.45) is 1.36. The van der Waals surface area contributed by atoms with E-state index in [0.29, 0.717) is 6.42 Å². The number of para-hydroxylation sites is 1. The fourth-order valence-corrected chi connectivity index (χ4v) is 3.50. The number of aromatic amines is 1. The fourth-order valence-electron chi connectivity index (χ4n) is 3.50. The van der Waals surface area contributed by atoms with E-state index in [0.717, 1.165) is 35.5 Å². The molecule has 3 aromatic rings. The van der Waals surface area contributed by atoms with Crippen molar-refractivity contribution in [2.24, 2.45) is 0 Å². The van der Waals surface area contributed by atoms with Gasteiger partial charge in [0.25, 0.3) is 0 Å². The molecule has 0 spiro atoms. The van der Waals surface area contributed by atoms with Gasteiger partial charge in [0.15, 0.2) is 5.78 Å². The number of fused-ring (bicyclic) bond motifs is 3. The highest BCUT2D eigenvalue weighted by atomic mass is 16.5. The van der Waals surface area contributed by atoms with Crippen LogP contribution in [0.5, 0.6) is 5.75 Å². The molecule has 1 atom stereocenters. The van der Waals surface area contributed by atoms with Gasteiger partial charge in [0, 0.05) is 29.6 Å². The molecule has 0 saturated carbocycles. The number of rotatable bonds is 4. The zero-order valence-corrected chi connectivity index (χ0v) is 13.6. The molecule has 0 fully saturated rings. The normalized spacial score (nSPS) is 16.8. The highest BCUT2D eigenvalue weighted by molar-refractivity contribution is 5.92. The molecule has 2 aromatic carbocycles. The second-order valence-corrected chi connectivity index (χ2v) is 6.19. The van der Waals surface area contributed by atoms with Crippen molar-refractivity contribution in [1.82, 2.24) is 10.3 Å². The van der Waals surface area contributed by atoms with E-state index in [4.69, 9.17) is 4.74 Å². The second-order valence-electron chi connectivity index (χ2n) is 6.19. The van der Waals surface area contributed by atoms with Crippen LogP contribution in [0.3, 0.4) is 0 Å². The molecule has 122 valence electrons. The highest BCUT2D eigenvalue weighted by Gasteiger charge is 2.28. The Morgan fingerprint density at radius 3 is 2.75 bits per heavy atom. The molecule has 2 N–H and O–H groups in total. The number of ketones is 1. The van der Waals surface area contributed by atoms with Crippen molar-refractivity contribution < 1.29 is 9.53 Å². The number of hydrogen-bond donors (Lipinski definition) is 2. The van der Waals surface area contributed by atoms with Gasteiger partial charge < -0.3 is 15.0 Å². The van der Waals surface area contributed by atoms with Crippen molar-refractivity contribution in [3.8, 4) is 5.75 Å². The Morgan fingerprint density at radius 2 is 1.96 bits per heavy atom. The summed E-state index contributed by atoms with van der Waals surface area (Å²) in [4.78, 5) is 16.3. The molecule has 4 heteroatoms. The maximum atomic E-state index is 12.8. The van der Waals surface area contributed by atoms with Crippen molar-refractivity contribution in [2.45, 2.75) is 18.9 Å². The molecule has 1 aromatic heterocycles. The third kappa shape index (κ3) is 2.59. The summed E-state index contributed by atoms with van der Waals surface area (Å²) in [5.74, 6) is 0.993. The Balaban J connectivity index is 1.61. The van der Waals surface area contributed by atoms with Gasteiger partial charge >= 0.3 is 0 Å². The first-order valence-electron chi connectivity index (χ1n) is 8.25. The lowest BCUT2D eigenvalue weighted by atomic mass is 9.94. The SMILES string of the molecule is COc1ccc(CC(=O)C2NCCc3c2[nH]c2ccccc32)cc1. The minimum Gasteiger partial charge on any atom is -0.497 e. The summed E-state index contributed by atoms with van der Waals surface area (Å²) in [6, 6.07) is 15.7. The number of aromatic nitrogens is 1. The summed E-state index contributed by atoms with van der Waals surface area (Å²) >= 11 is 0. The molecule has 4 nitrogen and oxygen atoms in total. The number of ether oxygens (including phenoxy) is 1. The lowest BCUT2D eigenvalue weighted by Crippen LogP contribution is -2.35. The Kier molecular flexibility index (Phi) is 3.82. The minimum absolute atomic E-state index is 0.188. The first kappa shape index (κ1) is 15.0. The standard InChI is InChI=1S/C20H20N2O2/c1-24-14-8-6-13(7-9-14)12-18(23)20-19-16(10-11-21-20)15-4-2-3-5-17(15)22-19/h2-9,20-22H,10-12H2,1H3. The number of benzene rings is 2. The zero-order valence-electron chi connectivity index (χ0n) is 13.6. The number of carbonyl (C=O) groups excluding carboxylic acids is 1. The van der Waals surface area contributed by atoms with E-state index in [1.54, 1.807) is 7.11 Å². The fraction of sp³-hybridized carbons (Fsp3) is 0.250. The van der Waals surface area contributed by atoms with Crippen LogP contribution in [-0.4, -0.2) is 24.4 Å². The number of Topliss-reactive ketones (excluding diaryl/α,β-unsaturated/α-hetero) is 1. The second kappa shape index (κ2) is 6.13. The van der Waals surface area contributed by atoms with E-state index in [9.17, 15) is 4.79 Å². The van der Waals surface area contributed by atoms with Crippen molar-refractivity contribution in [1.29, 1.82) is 0 Å². The van der Waals surface area contributed by atoms with Gasteiger partial charge in [-0.25, -0.2) is 0 Å². The maximum Gasteiger partial charge on any atom is 0.160 e. The molecule has 2 heterocycles. The van der Waals surface area contributed by atoms with E-state index in [1.165, 1.54) is 10.9 Å². The van der Waals surface area contributed by atoms with Crippen molar-refractivity contribution >= 4 is 16.7 Å². The van der Waals surface area contributed by atoms with Crippen LogP contribution in [0.1, 0.15) is 22.9 Å². The Hall–Kier alpha value is -2.59. The molecule has 0 amide bonds. The third-order valence-corrected chi connectivity index (χ3v) is 4.72. The Morgan fingerprint density at radius 1 is 1.17 bits per heavy atom. The van der Waals surface area contributed by atoms with Gasteiger partial charge in [-0.2, -0.15) is 0 Å². The molecule has 0 aliphatic carbocycles. The summed E-state index contributed by atoms with van der Waals surface area (Å²) in [7, 11) is 1.64. The van der Waals surface area contributed by atoms with Crippen molar-refractivity contribution in [3.05, 3.63) is 65.4 Å². The molecule has 1 unspecified atom stereocenters. The van der Waals surface area contributed by atoms with Crippen molar-refractivity contribution in [2.75, 3.05) is 13.7 Å². The summed E-state index contributed by atoms with van der Waals surface area (Å²) in [5.41, 5.74) is 4.41. The van der Waals surface area contributed by atoms with Gasteiger partial charge in [-0.1, -0.05) is 30.3 Å². The lowest BCUT2D eigenvalue weighted by Gasteiger charge is -2.23. The Labute approximate surface area is 140 Å². The van der Waals surface area contributed by atoms with Crippen LogP contribution in [0.2, 0.25) is 0 Å². The van der Waals surface area contributed by atoms with Gasteiger partial charge in [-0.05, 0) is 35.7 Å². The molecular formula is C20H20N2O2. The van der Waals surface area contributed by atoms with Crippen LogP contribution in [-0.2, 0) is 17.6 Å².